The van der Waals surface area contributed by atoms with Gasteiger partial charge < -0.3 is 19.9 Å². The second-order valence-corrected chi connectivity index (χ2v) is 13.9. The Morgan fingerprint density at radius 2 is 1.79 bits per heavy atom. The third-order valence-electron chi connectivity index (χ3n) is 8.08. The van der Waals surface area contributed by atoms with Gasteiger partial charge >= 0.3 is 24.8 Å². The van der Waals surface area contributed by atoms with Crippen LogP contribution in [0.5, 0.6) is 0 Å². The standard InChI is InChI=1S/C35H51NO5S.Li.H/c1-25-11-9-10-14-29(25)31-22-27(15-16-30(31)33(37)36-32(34(38)39)17-20-42-5)23-41-28(21-26-12-7-6-8-13-26)24-40-19-18-35(2,3)4;;/h9-11,14-16,22,26,28,32H,6-8,12-13,17-21,23-24H2,1-5H3,(H,36,37)(H,38,39);;/t28?,32-;;/m0../s1. The Morgan fingerprint density at radius 1 is 1.07 bits per heavy atom. The van der Waals surface area contributed by atoms with E-state index < -0.39 is 12.0 Å². The molecule has 0 aliphatic heterocycles. The van der Waals surface area contributed by atoms with Crippen LogP contribution in [0.15, 0.2) is 42.5 Å². The molecule has 234 valence electrons. The van der Waals surface area contributed by atoms with E-state index in [4.69, 9.17) is 9.47 Å². The molecular weight excluding hydrogens is 553 g/mol. The van der Waals surface area contributed by atoms with Crippen LogP contribution in [0.2, 0.25) is 0 Å². The fourth-order valence-corrected chi connectivity index (χ4v) is 5.96. The number of carboxylic acid groups (broad SMARTS) is 1. The maximum atomic E-state index is 13.4. The Kier molecular flexibility index (Phi) is 16.5. The van der Waals surface area contributed by atoms with Crippen LogP contribution in [-0.2, 0) is 20.9 Å². The molecule has 1 aliphatic rings. The Hall–Kier alpha value is -1.75. The number of carbonyl (C=O) groups is 2. The predicted molar refractivity (Wildman–Crippen MR) is 180 cm³/mol. The Labute approximate surface area is 275 Å². The van der Waals surface area contributed by atoms with Gasteiger partial charge in [-0.3, -0.25) is 4.79 Å². The first kappa shape index (κ1) is 37.4. The minimum atomic E-state index is -1.02. The van der Waals surface area contributed by atoms with Crippen molar-refractivity contribution < 1.29 is 24.2 Å². The Bertz CT molecular complexity index is 1150. The van der Waals surface area contributed by atoms with Gasteiger partial charge in [-0.1, -0.05) is 83.2 Å². The number of rotatable bonds is 16. The number of ether oxygens (including phenoxy) is 2. The van der Waals surface area contributed by atoms with Crippen molar-refractivity contribution in [1.29, 1.82) is 0 Å². The Morgan fingerprint density at radius 3 is 2.44 bits per heavy atom. The molecule has 0 radical (unpaired) electrons. The number of hydrogen-bond donors (Lipinski definition) is 2. The number of nitrogens with one attached hydrogen (secondary N) is 1. The van der Waals surface area contributed by atoms with Gasteiger partial charge in [0.05, 0.1) is 19.3 Å². The summed E-state index contributed by atoms with van der Waals surface area (Å²) in [6.45, 7) is 10.4. The molecule has 2 atom stereocenters. The van der Waals surface area contributed by atoms with Crippen molar-refractivity contribution in [3.05, 3.63) is 59.2 Å². The van der Waals surface area contributed by atoms with Gasteiger partial charge in [-0.15, -0.1) is 0 Å². The van der Waals surface area contributed by atoms with E-state index in [1.165, 1.54) is 32.1 Å². The van der Waals surface area contributed by atoms with E-state index in [1.54, 1.807) is 17.8 Å². The van der Waals surface area contributed by atoms with Crippen molar-refractivity contribution in [2.75, 3.05) is 25.2 Å². The van der Waals surface area contributed by atoms with Gasteiger partial charge in [-0.05, 0) is 83.9 Å². The van der Waals surface area contributed by atoms with E-state index in [0.29, 0.717) is 36.9 Å². The first-order valence-electron chi connectivity index (χ1n) is 15.5. The van der Waals surface area contributed by atoms with Crippen LogP contribution in [0.4, 0.5) is 0 Å². The number of thioether (sulfide) groups is 1. The molecule has 0 saturated heterocycles. The van der Waals surface area contributed by atoms with Gasteiger partial charge in [0.15, 0.2) is 0 Å². The van der Waals surface area contributed by atoms with Gasteiger partial charge in [0.2, 0.25) is 0 Å². The van der Waals surface area contributed by atoms with Crippen molar-refractivity contribution in [3.8, 4) is 11.1 Å². The van der Waals surface area contributed by atoms with Crippen molar-refractivity contribution in [3.63, 3.8) is 0 Å². The number of benzene rings is 2. The summed E-state index contributed by atoms with van der Waals surface area (Å²) in [6.07, 6.45) is 10.8. The molecule has 43 heavy (non-hydrogen) atoms. The van der Waals surface area contributed by atoms with Crippen LogP contribution >= 0.6 is 11.8 Å². The van der Waals surface area contributed by atoms with E-state index >= 15 is 0 Å². The van der Waals surface area contributed by atoms with Crippen molar-refractivity contribution in [2.24, 2.45) is 11.3 Å². The molecule has 0 spiro atoms. The quantitative estimate of drug-likeness (QED) is 0.155. The fourth-order valence-electron chi connectivity index (χ4n) is 5.49. The molecule has 2 aromatic carbocycles. The average molecular weight is 606 g/mol. The fraction of sp³-hybridized carbons (Fsp3) is 0.600. The van der Waals surface area contributed by atoms with E-state index in [1.807, 2.05) is 49.6 Å². The summed E-state index contributed by atoms with van der Waals surface area (Å²) in [4.78, 5) is 25.2. The molecule has 0 bridgehead atoms. The van der Waals surface area contributed by atoms with Crippen LogP contribution in [0.3, 0.4) is 0 Å². The SMILES string of the molecule is CSCC[C@H](NC(=O)c1ccc(COC(COCCC(C)(C)C)CC2CCCCC2)cc1-c1ccccc1C)C(=O)O.[LiH]. The summed E-state index contributed by atoms with van der Waals surface area (Å²) in [5.74, 6) is -0.0674. The van der Waals surface area contributed by atoms with Gasteiger partial charge in [-0.25, -0.2) is 4.79 Å². The van der Waals surface area contributed by atoms with E-state index in [9.17, 15) is 14.7 Å². The van der Waals surface area contributed by atoms with Crippen LogP contribution in [0.1, 0.15) is 93.6 Å². The molecule has 0 heterocycles. The molecule has 1 amide bonds. The summed E-state index contributed by atoms with van der Waals surface area (Å²) in [6, 6.07) is 12.8. The van der Waals surface area contributed by atoms with Crippen molar-refractivity contribution >= 4 is 42.5 Å². The zero-order chi connectivity index (χ0) is 30.5. The van der Waals surface area contributed by atoms with Crippen molar-refractivity contribution in [1.82, 2.24) is 5.32 Å². The molecule has 1 unspecified atom stereocenters. The van der Waals surface area contributed by atoms with E-state index in [-0.39, 0.29) is 36.3 Å². The van der Waals surface area contributed by atoms with Gasteiger partial charge in [-0.2, -0.15) is 11.8 Å². The summed E-state index contributed by atoms with van der Waals surface area (Å²) < 4.78 is 12.6. The number of aryl methyl sites for hydroxylation is 1. The predicted octanol–water partition coefficient (Wildman–Crippen LogP) is 7.26. The van der Waals surface area contributed by atoms with Crippen LogP contribution in [0.25, 0.3) is 11.1 Å². The molecule has 6 nitrogen and oxygen atoms in total. The van der Waals surface area contributed by atoms with Gasteiger partial charge in [0.25, 0.3) is 5.91 Å². The second kappa shape index (κ2) is 18.9. The topological polar surface area (TPSA) is 84.9 Å². The molecule has 0 aromatic heterocycles. The zero-order valence-electron chi connectivity index (χ0n) is 26.2. The van der Waals surface area contributed by atoms with Crippen LogP contribution in [0, 0.1) is 18.3 Å². The number of carbonyl (C=O) groups excluding carboxylic acids is 1. The third-order valence-corrected chi connectivity index (χ3v) is 8.73. The molecule has 1 fully saturated rings. The van der Waals surface area contributed by atoms with E-state index in [0.717, 1.165) is 41.7 Å². The number of amides is 1. The average Bonchev–Trinajstić information content (AvgIpc) is 2.96. The maximum absolute atomic E-state index is 13.4. The molecule has 1 saturated carbocycles. The van der Waals surface area contributed by atoms with E-state index in [2.05, 4.69) is 26.1 Å². The first-order chi connectivity index (χ1) is 20.1. The molecule has 3 rings (SSSR count). The van der Waals surface area contributed by atoms with Crippen LogP contribution in [-0.4, -0.2) is 73.2 Å². The molecule has 8 heteroatoms. The zero-order valence-corrected chi connectivity index (χ0v) is 27.1. The van der Waals surface area contributed by atoms with Crippen molar-refractivity contribution in [2.45, 2.75) is 97.8 Å². The molecular formula is C35H52LiNO5S. The van der Waals surface area contributed by atoms with Gasteiger partial charge in [0, 0.05) is 12.2 Å². The third kappa shape index (κ3) is 13.0. The number of aliphatic carboxylic acids is 1. The summed E-state index contributed by atoms with van der Waals surface area (Å²) in [5, 5.41) is 12.4. The Balaban J connectivity index is 0.00000645. The summed E-state index contributed by atoms with van der Waals surface area (Å²) in [7, 11) is 0. The summed E-state index contributed by atoms with van der Waals surface area (Å²) >= 11 is 1.56. The second-order valence-electron chi connectivity index (χ2n) is 12.9. The molecule has 1 aliphatic carbocycles. The normalized spacial score (nSPS) is 15.4. The number of hydrogen-bond acceptors (Lipinski definition) is 5. The molecule has 2 aromatic rings. The first-order valence-corrected chi connectivity index (χ1v) is 16.9. The number of carboxylic acids is 1. The molecule has 2 N–H and O–H groups in total. The minimum absolute atomic E-state index is 0. The summed E-state index contributed by atoms with van der Waals surface area (Å²) in [5.41, 5.74) is 4.46. The monoisotopic (exact) mass is 605 g/mol. The van der Waals surface area contributed by atoms with Crippen LogP contribution < -0.4 is 5.32 Å². The van der Waals surface area contributed by atoms with Gasteiger partial charge in [0.1, 0.15) is 6.04 Å².